The summed E-state index contributed by atoms with van der Waals surface area (Å²) < 4.78 is 1.00. The number of nitrogens with two attached hydrogens (primary N) is 1. The Kier molecular flexibility index (Phi) is 2.84. The molecule has 2 N–H and O–H groups in total. The first kappa shape index (κ1) is 11.0. The maximum atomic E-state index is 11.7. The predicted octanol–water partition coefficient (Wildman–Crippen LogP) is 0.0794. The van der Waals surface area contributed by atoms with Crippen molar-refractivity contribution in [3.05, 3.63) is 21.9 Å². The summed E-state index contributed by atoms with van der Waals surface area (Å²) in [6, 6.07) is 0. The van der Waals surface area contributed by atoms with Crippen LogP contribution in [0.5, 0.6) is 0 Å². The van der Waals surface area contributed by atoms with Gasteiger partial charge in [-0.2, -0.15) is 12.6 Å². The van der Waals surface area contributed by atoms with Gasteiger partial charge in [0.25, 0.3) is 5.56 Å². The van der Waals surface area contributed by atoms with Gasteiger partial charge in [0.05, 0.1) is 5.75 Å². The minimum absolute atomic E-state index is 0.295. The van der Waals surface area contributed by atoms with Crippen LogP contribution in [0.25, 0.3) is 0 Å². The number of nitrogens with zero attached hydrogens (tertiary/aromatic N) is 3. The van der Waals surface area contributed by atoms with Crippen LogP contribution in [0.2, 0.25) is 0 Å². The lowest BCUT2D eigenvalue weighted by molar-refractivity contribution is 0.531. The van der Waals surface area contributed by atoms with Crippen molar-refractivity contribution in [1.82, 2.24) is 14.9 Å². The zero-order valence-electron chi connectivity index (χ0n) is 8.48. The number of rotatable bonds is 1. The highest BCUT2D eigenvalue weighted by atomic mass is 32.1. The van der Waals surface area contributed by atoms with E-state index in [1.807, 2.05) is 20.8 Å². The van der Waals surface area contributed by atoms with Gasteiger partial charge in [0, 0.05) is 5.41 Å². The van der Waals surface area contributed by atoms with Gasteiger partial charge in [-0.25, -0.2) is 4.68 Å². The van der Waals surface area contributed by atoms with Crippen molar-refractivity contribution in [2.75, 3.05) is 5.84 Å². The Labute approximate surface area is 87.7 Å². The molecule has 1 aromatic heterocycles. The van der Waals surface area contributed by atoms with E-state index in [0.29, 0.717) is 17.3 Å². The Morgan fingerprint density at radius 2 is 2.00 bits per heavy atom. The molecule has 0 fully saturated rings. The number of hydrogen-bond donors (Lipinski definition) is 2. The molecule has 0 saturated heterocycles. The van der Waals surface area contributed by atoms with Crippen LogP contribution < -0.4 is 11.4 Å². The quantitative estimate of drug-likeness (QED) is 0.513. The van der Waals surface area contributed by atoms with Gasteiger partial charge in [0.2, 0.25) is 0 Å². The molecule has 14 heavy (non-hydrogen) atoms. The van der Waals surface area contributed by atoms with E-state index >= 15 is 0 Å². The van der Waals surface area contributed by atoms with Crippen LogP contribution in [0.4, 0.5) is 0 Å². The van der Waals surface area contributed by atoms with Gasteiger partial charge in [-0.3, -0.25) is 4.79 Å². The molecule has 6 heteroatoms. The Hall–Kier alpha value is -1.04. The summed E-state index contributed by atoms with van der Waals surface area (Å²) in [5.41, 5.74) is -0.289. The van der Waals surface area contributed by atoms with Crippen molar-refractivity contribution in [2.45, 2.75) is 31.9 Å². The SMILES string of the molecule is CC(C)(C)c1nnc(CS)n(N)c1=O. The number of nitrogen functional groups attached to an aromatic ring is 1. The molecule has 5 nitrogen and oxygen atoms in total. The van der Waals surface area contributed by atoms with E-state index in [0.717, 1.165) is 4.68 Å². The second kappa shape index (κ2) is 3.61. The molecule has 0 aliphatic carbocycles. The third-order valence-corrected chi connectivity index (χ3v) is 2.10. The molecule has 0 unspecified atom stereocenters. The van der Waals surface area contributed by atoms with Crippen LogP contribution >= 0.6 is 12.6 Å². The lowest BCUT2D eigenvalue weighted by Gasteiger charge is -2.16. The van der Waals surface area contributed by atoms with Crippen LogP contribution in [-0.4, -0.2) is 14.9 Å². The molecule has 0 atom stereocenters. The second-order valence-corrected chi connectivity index (χ2v) is 4.36. The van der Waals surface area contributed by atoms with Crippen LogP contribution in [0, 0.1) is 0 Å². The number of thiol groups is 1. The molecule has 0 bridgehead atoms. The summed E-state index contributed by atoms with van der Waals surface area (Å²) in [6.07, 6.45) is 0. The van der Waals surface area contributed by atoms with E-state index in [2.05, 4.69) is 22.8 Å². The normalized spacial score (nSPS) is 11.7. The minimum atomic E-state index is -0.347. The molecule has 0 saturated carbocycles. The first-order valence-electron chi connectivity index (χ1n) is 4.23. The fraction of sp³-hybridized carbons (Fsp3) is 0.625. The molecular formula is C8H14N4OS. The maximum Gasteiger partial charge on any atom is 0.294 e. The fourth-order valence-electron chi connectivity index (χ4n) is 1.01. The summed E-state index contributed by atoms with van der Waals surface area (Å²) in [6.45, 7) is 5.66. The van der Waals surface area contributed by atoms with E-state index in [1.54, 1.807) is 0 Å². The first-order valence-corrected chi connectivity index (χ1v) is 4.86. The molecule has 0 aromatic carbocycles. The highest BCUT2D eigenvalue weighted by molar-refractivity contribution is 7.79. The number of hydrogen-bond acceptors (Lipinski definition) is 5. The lowest BCUT2D eigenvalue weighted by Crippen LogP contribution is -2.38. The topological polar surface area (TPSA) is 73.8 Å². The van der Waals surface area contributed by atoms with Gasteiger partial charge < -0.3 is 5.84 Å². The van der Waals surface area contributed by atoms with Gasteiger partial charge in [-0.1, -0.05) is 20.8 Å². The van der Waals surface area contributed by atoms with Crippen molar-refractivity contribution in [2.24, 2.45) is 0 Å². The van der Waals surface area contributed by atoms with Crippen molar-refractivity contribution in [1.29, 1.82) is 0 Å². The van der Waals surface area contributed by atoms with Gasteiger partial charge in [0.15, 0.2) is 5.82 Å². The van der Waals surface area contributed by atoms with Crippen molar-refractivity contribution < 1.29 is 0 Å². The molecule has 78 valence electrons. The average molecular weight is 214 g/mol. The predicted molar refractivity (Wildman–Crippen MR) is 57.8 cm³/mol. The Bertz CT molecular complexity index is 393. The highest BCUT2D eigenvalue weighted by Crippen LogP contribution is 2.15. The zero-order valence-corrected chi connectivity index (χ0v) is 9.38. The third kappa shape index (κ3) is 1.89. The molecule has 0 spiro atoms. The maximum absolute atomic E-state index is 11.7. The molecule has 0 aliphatic rings. The van der Waals surface area contributed by atoms with Crippen LogP contribution in [0.1, 0.15) is 32.3 Å². The first-order chi connectivity index (χ1) is 6.38. The molecular weight excluding hydrogens is 200 g/mol. The summed E-state index contributed by atoms with van der Waals surface area (Å²) in [5.74, 6) is 6.21. The standard InChI is InChI=1S/C8H14N4OS/c1-8(2,3)6-7(13)12(9)5(4-14)10-11-6/h14H,4,9H2,1-3H3. The Morgan fingerprint density at radius 1 is 1.43 bits per heavy atom. The summed E-state index contributed by atoms with van der Waals surface area (Å²) in [5, 5.41) is 7.70. The summed E-state index contributed by atoms with van der Waals surface area (Å²) >= 11 is 3.99. The monoisotopic (exact) mass is 214 g/mol. The van der Waals surface area contributed by atoms with Gasteiger partial charge in [0.1, 0.15) is 5.69 Å². The fourth-order valence-corrected chi connectivity index (χ4v) is 1.22. The molecule has 0 aliphatic heterocycles. The van der Waals surface area contributed by atoms with Crippen LogP contribution in [-0.2, 0) is 11.2 Å². The van der Waals surface area contributed by atoms with E-state index in [-0.39, 0.29) is 11.0 Å². The molecule has 0 amide bonds. The van der Waals surface area contributed by atoms with E-state index < -0.39 is 0 Å². The molecule has 1 rings (SSSR count). The van der Waals surface area contributed by atoms with E-state index in [4.69, 9.17) is 5.84 Å². The van der Waals surface area contributed by atoms with Crippen LogP contribution in [0.3, 0.4) is 0 Å². The van der Waals surface area contributed by atoms with Crippen molar-refractivity contribution in [3.8, 4) is 0 Å². The number of aromatic nitrogens is 3. The highest BCUT2D eigenvalue weighted by Gasteiger charge is 2.22. The lowest BCUT2D eigenvalue weighted by atomic mass is 9.93. The molecule has 1 heterocycles. The Balaban J connectivity index is 3.40. The van der Waals surface area contributed by atoms with E-state index in [1.165, 1.54) is 0 Å². The zero-order chi connectivity index (χ0) is 10.9. The third-order valence-electron chi connectivity index (χ3n) is 1.82. The second-order valence-electron chi connectivity index (χ2n) is 4.05. The van der Waals surface area contributed by atoms with Gasteiger partial charge in [-0.15, -0.1) is 10.2 Å². The summed E-state index contributed by atoms with van der Waals surface area (Å²) in [4.78, 5) is 11.7. The summed E-state index contributed by atoms with van der Waals surface area (Å²) in [7, 11) is 0. The minimum Gasteiger partial charge on any atom is -0.335 e. The van der Waals surface area contributed by atoms with Crippen molar-refractivity contribution in [3.63, 3.8) is 0 Å². The van der Waals surface area contributed by atoms with Gasteiger partial charge >= 0.3 is 0 Å². The van der Waals surface area contributed by atoms with Crippen molar-refractivity contribution >= 4 is 12.6 Å². The molecule has 0 radical (unpaired) electrons. The average Bonchev–Trinajstić information content (AvgIpc) is 2.07. The van der Waals surface area contributed by atoms with E-state index in [9.17, 15) is 4.79 Å². The smallest absolute Gasteiger partial charge is 0.294 e. The van der Waals surface area contributed by atoms with Crippen LogP contribution in [0.15, 0.2) is 4.79 Å². The Morgan fingerprint density at radius 3 is 2.43 bits per heavy atom. The largest absolute Gasteiger partial charge is 0.335 e. The molecule has 1 aromatic rings. The van der Waals surface area contributed by atoms with Gasteiger partial charge in [-0.05, 0) is 0 Å².